The van der Waals surface area contributed by atoms with Gasteiger partial charge < -0.3 is 12.3 Å². The molecule has 0 atom stereocenters. The van der Waals surface area contributed by atoms with Gasteiger partial charge in [-0.25, -0.2) is 0 Å². The molecule has 0 aromatic rings. The summed E-state index contributed by atoms with van der Waals surface area (Å²) in [5.41, 5.74) is 0. The molecule has 104 valence electrons. The number of rotatable bonds is 0. The quantitative estimate of drug-likeness (QED) is 0.452. The summed E-state index contributed by atoms with van der Waals surface area (Å²) in [6, 6.07) is 0. The molecule has 0 aromatic carbocycles. The fraction of sp³-hybridized carbons (Fsp3) is 1.00. The molecule has 4 bridgehead atoms. The fourth-order valence-corrected chi connectivity index (χ4v) is 3.98. The minimum absolute atomic E-state index is 0. The van der Waals surface area contributed by atoms with Gasteiger partial charge in [0.25, 0.3) is 0 Å². The fourth-order valence-electron chi connectivity index (χ4n) is 3.98. The Bertz CT molecular complexity index is 267. The van der Waals surface area contributed by atoms with E-state index in [0.717, 1.165) is 0 Å². The first-order chi connectivity index (χ1) is 6.90. The summed E-state index contributed by atoms with van der Waals surface area (Å²) < 4.78 is 0. The van der Waals surface area contributed by atoms with E-state index in [2.05, 4.69) is 40.3 Å². The van der Waals surface area contributed by atoms with Crippen molar-refractivity contribution < 1.29 is 9.86 Å². The minimum atomic E-state index is -2.69. The van der Waals surface area contributed by atoms with Crippen molar-refractivity contribution in [2.75, 3.05) is 0 Å². The molecule has 17 heavy (non-hydrogen) atoms. The van der Waals surface area contributed by atoms with Gasteiger partial charge in [0.05, 0.1) is 0 Å². The molecule has 0 aromatic heterocycles. The molecule has 8 N–H and O–H groups in total. The molecule has 4 fully saturated rings. The van der Waals surface area contributed by atoms with Crippen LogP contribution in [0.25, 0.3) is 0 Å². The molecular formula is C10H24MoN2S4. The zero-order chi connectivity index (χ0) is 11.1. The summed E-state index contributed by atoms with van der Waals surface area (Å²) in [6.07, 6.45) is 9.62. The Balaban J connectivity index is 0.000000328. The van der Waals surface area contributed by atoms with Gasteiger partial charge >= 0.3 is 50.2 Å². The van der Waals surface area contributed by atoms with E-state index in [0.29, 0.717) is 0 Å². The normalized spacial score (nSPS) is 37.3. The summed E-state index contributed by atoms with van der Waals surface area (Å²) in [6.45, 7) is 0. The predicted molar refractivity (Wildman–Crippen MR) is 83.5 cm³/mol. The molecule has 0 saturated heterocycles. The molecule has 0 heterocycles. The van der Waals surface area contributed by atoms with E-state index in [1.54, 1.807) is 38.5 Å². The van der Waals surface area contributed by atoms with Crippen LogP contribution in [-0.2, 0) is 30.5 Å². The Labute approximate surface area is 124 Å². The van der Waals surface area contributed by atoms with Crippen molar-refractivity contribution in [3.8, 4) is 0 Å². The maximum atomic E-state index is 4.46. The van der Waals surface area contributed by atoms with Crippen LogP contribution in [0.15, 0.2) is 0 Å². The van der Waals surface area contributed by atoms with Crippen LogP contribution in [-0.4, -0.2) is 0 Å². The first-order valence-corrected chi connectivity index (χ1v) is 16.7. The Morgan fingerprint density at radius 2 is 0.765 bits per heavy atom. The van der Waals surface area contributed by atoms with Crippen LogP contribution >= 0.6 is 19.6 Å². The van der Waals surface area contributed by atoms with E-state index in [4.69, 9.17) is 0 Å². The van der Waals surface area contributed by atoms with E-state index in [1.165, 1.54) is 23.7 Å². The van der Waals surface area contributed by atoms with Crippen molar-refractivity contribution in [2.24, 2.45) is 23.7 Å². The van der Waals surface area contributed by atoms with Crippen molar-refractivity contribution in [3.05, 3.63) is 0 Å². The van der Waals surface area contributed by atoms with Crippen LogP contribution in [0.2, 0.25) is 0 Å². The SMILES string of the molecule is C1C2CC3CC1CC(C2)C3.[NH4+].[NH4+].[S]=[Mo](=[S])([S-])[S-]. The Kier molecular flexibility index (Phi) is 8.28. The van der Waals surface area contributed by atoms with Gasteiger partial charge in [0.15, 0.2) is 0 Å². The van der Waals surface area contributed by atoms with Crippen LogP contribution in [0, 0.1) is 23.7 Å². The standard InChI is InChI=1S/C10H16.Mo.2H3N.4S/c1-7-2-9-4-8(1)5-10(3-7)6-9;;;;;;;/h7-10H,1-6H2;;2*1H3;;;;/q;;;;;;2*-1/p+2. The van der Waals surface area contributed by atoms with Gasteiger partial charge in [-0.05, 0) is 62.2 Å². The number of hydrogen-bond donors (Lipinski definition) is 2. The number of hydrogen-bond acceptors (Lipinski definition) is 4. The average molecular weight is 397 g/mol. The van der Waals surface area contributed by atoms with Gasteiger partial charge in [0.1, 0.15) is 0 Å². The third-order valence-corrected chi connectivity index (χ3v) is 4.00. The van der Waals surface area contributed by atoms with E-state index >= 15 is 0 Å². The van der Waals surface area contributed by atoms with Crippen LogP contribution in [0.1, 0.15) is 38.5 Å². The van der Waals surface area contributed by atoms with Crippen molar-refractivity contribution in [2.45, 2.75) is 38.5 Å². The summed E-state index contributed by atoms with van der Waals surface area (Å²) in [5, 5.41) is 0. The summed E-state index contributed by atoms with van der Waals surface area (Å²) in [5.74, 6) is 4.71. The van der Waals surface area contributed by atoms with Crippen LogP contribution in [0.3, 0.4) is 0 Å². The van der Waals surface area contributed by atoms with E-state index in [9.17, 15) is 0 Å². The Hall–Kier alpha value is 1.75. The molecule has 0 unspecified atom stereocenters. The molecule has 0 aliphatic heterocycles. The van der Waals surface area contributed by atoms with Gasteiger partial charge in [-0.1, -0.05) is 0 Å². The summed E-state index contributed by atoms with van der Waals surface area (Å²) >= 11 is 0. The van der Waals surface area contributed by atoms with Crippen molar-refractivity contribution in [3.63, 3.8) is 0 Å². The van der Waals surface area contributed by atoms with Crippen LogP contribution < -0.4 is 12.3 Å². The van der Waals surface area contributed by atoms with Gasteiger partial charge in [-0.3, -0.25) is 0 Å². The molecule has 4 saturated carbocycles. The Morgan fingerprint density at radius 1 is 0.647 bits per heavy atom. The first-order valence-electron chi connectivity index (χ1n) is 5.57. The van der Waals surface area contributed by atoms with Gasteiger partial charge in [-0.15, -0.1) is 0 Å². The zero-order valence-corrected chi connectivity index (χ0v) is 15.9. The van der Waals surface area contributed by atoms with Gasteiger partial charge in [0, 0.05) is 0 Å². The third kappa shape index (κ3) is 6.64. The summed E-state index contributed by atoms with van der Waals surface area (Å²) in [4.78, 5) is 0. The molecule has 2 nitrogen and oxygen atoms in total. The molecule has 4 aliphatic carbocycles. The van der Waals surface area contributed by atoms with E-state index in [1.807, 2.05) is 0 Å². The summed E-state index contributed by atoms with van der Waals surface area (Å²) in [7, 11) is 15.2. The van der Waals surface area contributed by atoms with Gasteiger partial charge in [-0.2, -0.15) is 0 Å². The van der Waals surface area contributed by atoms with Crippen LogP contribution in [0.5, 0.6) is 0 Å². The molecule has 0 spiro atoms. The average Bonchev–Trinajstić information content (AvgIpc) is 1.96. The van der Waals surface area contributed by atoms with Gasteiger partial charge in [0.2, 0.25) is 0 Å². The van der Waals surface area contributed by atoms with Crippen LogP contribution in [0.4, 0.5) is 0 Å². The van der Waals surface area contributed by atoms with Crippen molar-refractivity contribution in [1.82, 2.24) is 12.3 Å². The molecule has 0 amide bonds. The molecule has 4 rings (SSSR count). The zero-order valence-electron chi connectivity index (χ0n) is 10.6. The topological polar surface area (TPSA) is 73.0 Å². The number of quaternary nitrogens is 2. The third-order valence-electron chi connectivity index (χ3n) is 4.00. The molecule has 7 heteroatoms. The second kappa shape index (κ2) is 7.51. The van der Waals surface area contributed by atoms with E-state index in [-0.39, 0.29) is 12.3 Å². The molecule has 0 radical (unpaired) electrons. The second-order valence-corrected chi connectivity index (χ2v) is 26.6. The second-order valence-electron chi connectivity index (χ2n) is 5.29. The molecular weight excluding hydrogens is 372 g/mol. The monoisotopic (exact) mass is 398 g/mol. The molecule has 4 aliphatic rings. The van der Waals surface area contributed by atoms with Crippen molar-refractivity contribution >= 4 is 40.3 Å². The van der Waals surface area contributed by atoms with E-state index < -0.39 is 9.86 Å². The predicted octanol–water partition coefficient (Wildman–Crippen LogP) is 4.87. The first kappa shape index (κ1) is 18.7. The maximum absolute atomic E-state index is 4.46. The van der Waals surface area contributed by atoms with Crippen molar-refractivity contribution in [1.29, 1.82) is 0 Å². The Morgan fingerprint density at radius 3 is 0.882 bits per heavy atom.